The molecular formula is C8H5ClF2N2O. The molecule has 1 heterocycles. The molecule has 0 atom stereocenters. The molecule has 14 heavy (non-hydrogen) atoms. The van der Waals surface area contributed by atoms with Gasteiger partial charge in [0.25, 0.3) is 6.43 Å². The summed E-state index contributed by atoms with van der Waals surface area (Å²) in [6, 6.07) is 1.72. The number of aromatic nitrogens is 1. The van der Waals surface area contributed by atoms with Gasteiger partial charge in [0.2, 0.25) is 0 Å². The van der Waals surface area contributed by atoms with Crippen LogP contribution in [0.3, 0.4) is 0 Å². The van der Waals surface area contributed by atoms with Gasteiger partial charge in [-0.15, -0.1) is 0 Å². The van der Waals surface area contributed by atoms with E-state index in [-0.39, 0.29) is 16.3 Å². The van der Waals surface area contributed by atoms with E-state index in [1.54, 1.807) is 6.07 Å². The Morgan fingerprint density at radius 2 is 2.29 bits per heavy atom. The van der Waals surface area contributed by atoms with Crippen LogP contribution in [0, 0.1) is 11.3 Å². The molecule has 1 aromatic rings. The summed E-state index contributed by atoms with van der Waals surface area (Å²) in [5, 5.41) is 8.41. The first-order valence-electron chi connectivity index (χ1n) is 3.52. The number of pyridine rings is 1. The van der Waals surface area contributed by atoms with Gasteiger partial charge in [0.05, 0.1) is 12.7 Å². The van der Waals surface area contributed by atoms with E-state index in [4.69, 9.17) is 16.9 Å². The van der Waals surface area contributed by atoms with Crippen LogP contribution in [0.25, 0.3) is 0 Å². The highest BCUT2D eigenvalue weighted by atomic mass is 35.5. The Morgan fingerprint density at radius 3 is 2.71 bits per heavy atom. The van der Waals surface area contributed by atoms with Gasteiger partial charge in [-0.25, -0.2) is 13.8 Å². The minimum Gasteiger partial charge on any atom is -0.493 e. The zero-order chi connectivity index (χ0) is 10.7. The van der Waals surface area contributed by atoms with Crippen molar-refractivity contribution in [1.29, 1.82) is 5.26 Å². The standard InChI is InChI=1S/C8H5ClF2N2O/c1-14-7-5(9)4(2-12)3-13-6(7)8(10)11/h3,8H,1H3. The molecule has 0 radical (unpaired) electrons. The maximum Gasteiger partial charge on any atom is 0.284 e. The minimum absolute atomic E-state index is 0.00733. The second kappa shape index (κ2) is 4.20. The third-order valence-corrected chi connectivity index (χ3v) is 1.91. The van der Waals surface area contributed by atoms with E-state index in [9.17, 15) is 8.78 Å². The lowest BCUT2D eigenvalue weighted by Gasteiger charge is -2.08. The summed E-state index contributed by atoms with van der Waals surface area (Å²) in [5.74, 6) is -0.249. The molecule has 0 saturated carbocycles. The summed E-state index contributed by atoms with van der Waals surface area (Å²) in [4.78, 5) is 3.40. The Balaban J connectivity index is 3.38. The highest BCUT2D eigenvalue weighted by Crippen LogP contribution is 2.35. The molecule has 0 fully saturated rings. The zero-order valence-electron chi connectivity index (χ0n) is 7.09. The number of alkyl halides is 2. The van der Waals surface area contributed by atoms with E-state index in [0.717, 1.165) is 6.20 Å². The summed E-state index contributed by atoms with van der Waals surface area (Å²) in [5.41, 5.74) is -0.551. The van der Waals surface area contributed by atoms with E-state index in [2.05, 4.69) is 9.72 Å². The molecule has 0 amide bonds. The number of hydrogen-bond acceptors (Lipinski definition) is 3. The molecule has 1 aromatic heterocycles. The first-order chi connectivity index (χ1) is 6.61. The number of nitrogens with zero attached hydrogens (tertiary/aromatic N) is 2. The van der Waals surface area contributed by atoms with Crippen molar-refractivity contribution in [3.05, 3.63) is 22.5 Å². The summed E-state index contributed by atoms with van der Waals surface area (Å²) in [7, 11) is 1.19. The Morgan fingerprint density at radius 1 is 1.64 bits per heavy atom. The predicted octanol–water partition coefficient (Wildman–Crippen LogP) is 2.55. The van der Waals surface area contributed by atoms with Crippen LogP contribution < -0.4 is 4.74 Å². The molecule has 3 nitrogen and oxygen atoms in total. The summed E-state index contributed by atoms with van der Waals surface area (Å²) in [6.07, 6.45) is -1.79. The number of halogens is 3. The quantitative estimate of drug-likeness (QED) is 0.766. The first kappa shape index (κ1) is 10.7. The fourth-order valence-corrected chi connectivity index (χ4v) is 1.18. The molecule has 0 aliphatic heterocycles. The SMILES string of the molecule is COc1c(C(F)F)ncc(C#N)c1Cl. The molecule has 0 aromatic carbocycles. The molecule has 0 N–H and O–H groups in total. The highest BCUT2D eigenvalue weighted by molar-refractivity contribution is 6.33. The van der Waals surface area contributed by atoms with E-state index < -0.39 is 12.1 Å². The summed E-state index contributed by atoms with van der Waals surface area (Å²) in [6.45, 7) is 0. The second-order valence-corrected chi connectivity index (χ2v) is 2.69. The van der Waals surface area contributed by atoms with Gasteiger partial charge >= 0.3 is 0 Å². The highest BCUT2D eigenvalue weighted by Gasteiger charge is 2.20. The van der Waals surface area contributed by atoms with Crippen LogP contribution in [0.4, 0.5) is 8.78 Å². The molecule has 0 bridgehead atoms. The molecule has 0 saturated heterocycles. The topological polar surface area (TPSA) is 45.9 Å². The van der Waals surface area contributed by atoms with Crippen molar-refractivity contribution in [2.75, 3.05) is 7.11 Å². The van der Waals surface area contributed by atoms with Crippen LogP contribution in [0.15, 0.2) is 6.20 Å². The van der Waals surface area contributed by atoms with Crippen molar-refractivity contribution in [3.63, 3.8) is 0 Å². The molecule has 0 unspecified atom stereocenters. The Labute approximate surface area is 83.9 Å². The largest absolute Gasteiger partial charge is 0.493 e. The van der Waals surface area contributed by atoms with Crippen LogP contribution in [-0.2, 0) is 0 Å². The lowest BCUT2D eigenvalue weighted by molar-refractivity contribution is 0.141. The maximum atomic E-state index is 12.3. The molecule has 0 aliphatic carbocycles. The second-order valence-electron chi connectivity index (χ2n) is 2.32. The maximum absolute atomic E-state index is 12.3. The number of rotatable bonds is 2. The Bertz CT molecular complexity index is 390. The van der Waals surface area contributed by atoms with E-state index in [0.29, 0.717) is 0 Å². The fourth-order valence-electron chi connectivity index (χ4n) is 0.912. The minimum atomic E-state index is -2.78. The smallest absolute Gasteiger partial charge is 0.284 e. The van der Waals surface area contributed by atoms with Crippen molar-refractivity contribution < 1.29 is 13.5 Å². The zero-order valence-corrected chi connectivity index (χ0v) is 7.85. The Kier molecular flexibility index (Phi) is 3.20. The van der Waals surface area contributed by atoms with Gasteiger partial charge in [0, 0.05) is 6.20 Å². The van der Waals surface area contributed by atoms with Gasteiger partial charge in [-0.2, -0.15) is 5.26 Å². The van der Waals surface area contributed by atoms with Crippen LogP contribution in [0.1, 0.15) is 17.7 Å². The van der Waals surface area contributed by atoms with Gasteiger partial charge < -0.3 is 4.74 Å². The molecule has 0 aliphatic rings. The van der Waals surface area contributed by atoms with Gasteiger partial charge in [0.1, 0.15) is 16.8 Å². The number of nitriles is 1. The summed E-state index contributed by atoms with van der Waals surface area (Å²) < 4.78 is 29.3. The average Bonchev–Trinajstić information content (AvgIpc) is 2.17. The van der Waals surface area contributed by atoms with Gasteiger partial charge in [0.15, 0.2) is 5.75 Å². The van der Waals surface area contributed by atoms with Crippen LogP contribution in [0.2, 0.25) is 5.02 Å². The lowest BCUT2D eigenvalue weighted by atomic mass is 10.2. The normalized spacial score (nSPS) is 10.0. The Hall–Kier alpha value is -1.41. The fraction of sp³-hybridized carbons (Fsp3) is 0.250. The van der Waals surface area contributed by atoms with Gasteiger partial charge in [-0.05, 0) is 0 Å². The predicted molar refractivity (Wildman–Crippen MR) is 45.5 cm³/mol. The third-order valence-electron chi connectivity index (χ3n) is 1.53. The average molecular weight is 219 g/mol. The number of ether oxygens (including phenoxy) is 1. The summed E-state index contributed by atoms with van der Waals surface area (Å²) >= 11 is 5.64. The molecular weight excluding hydrogens is 214 g/mol. The van der Waals surface area contributed by atoms with Gasteiger partial charge in [-0.3, -0.25) is 0 Å². The molecule has 1 rings (SSSR count). The van der Waals surface area contributed by atoms with Crippen molar-refractivity contribution in [1.82, 2.24) is 4.98 Å². The number of hydrogen-bond donors (Lipinski definition) is 0. The van der Waals surface area contributed by atoms with Gasteiger partial charge in [-0.1, -0.05) is 11.6 Å². The van der Waals surface area contributed by atoms with Crippen LogP contribution in [-0.4, -0.2) is 12.1 Å². The molecule has 0 spiro atoms. The van der Waals surface area contributed by atoms with Crippen molar-refractivity contribution >= 4 is 11.6 Å². The van der Waals surface area contributed by atoms with Crippen molar-refractivity contribution in [2.45, 2.75) is 6.43 Å². The van der Waals surface area contributed by atoms with Crippen LogP contribution in [0.5, 0.6) is 5.75 Å². The number of methoxy groups -OCH3 is 1. The van der Waals surface area contributed by atoms with Crippen molar-refractivity contribution in [2.24, 2.45) is 0 Å². The van der Waals surface area contributed by atoms with E-state index in [1.165, 1.54) is 7.11 Å². The monoisotopic (exact) mass is 218 g/mol. The molecule has 74 valence electrons. The first-order valence-corrected chi connectivity index (χ1v) is 3.90. The van der Waals surface area contributed by atoms with E-state index >= 15 is 0 Å². The third kappa shape index (κ3) is 1.75. The molecule has 6 heteroatoms. The van der Waals surface area contributed by atoms with E-state index in [1.807, 2.05) is 0 Å². The van der Waals surface area contributed by atoms with Crippen LogP contribution >= 0.6 is 11.6 Å². The lowest BCUT2D eigenvalue weighted by Crippen LogP contribution is -1.98. The van der Waals surface area contributed by atoms with Crippen molar-refractivity contribution in [3.8, 4) is 11.8 Å².